The van der Waals surface area contributed by atoms with Crippen LogP contribution in [0.2, 0.25) is 0 Å². The van der Waals surface area contributed by atoms with Crippen molar-refractivity contribution in [2.45, 2.75) is 25.7 Å². The first-order valence-corrected chi connectivity index (χ1v) is 8.87. The van der Waals surface area contributed by atoms with Crippen LogP contribution in [0.4, 0.5) is 0 Å². The molecule has 0 saturated carbocycles. The summed E-state index contributed by atoms with van der Waals surface area (Å²) in [5, 5.41) is 1.90. The van der Waals surface area contributed by atoms with Gasteiger partial charge in [-0.1, -0.05) is 18.9 Å². The zero-order valence-corrected chi connectivity index (χ0v) is 14.6. The molecule has 124 valence electrons. The highest BCUT2D eigenvalue weighted by atomic mass is 32.1. The Morgan fingerprint density at radius 2 is 2.00 bits per heavy atom. The number of nitrogens with zero attached hydrogens (tertiary/aromatic N) is 2. The van der Waals surface area contributed by atoms with Gasteiger partial charge in [-0.2, -0.15) is 0 Å². The van der Waals surface area contributed by atoms with Crippen molar-refractivity contribution in [3.8, 4) is 5.88 Å². The number of hydrogen-bond donors (Lipinski definition) is 0. The van der Waals surface area contributed by atoms with Gasteiger partial charge in [-0.15, -0.1) is 11.3 Å². The average Bonchev–Trinajstić information content (AvgIpc) is 3.08. The molecule has 0 unspecified atom stereocenters. The molecule has 0 amide bonds. The monoisotopic (exact) mass is 332 g/mol. The van der Waals surface area contributed by atoms with Crippen molar-refractivity contribution in [3.63, 3.8) is 0 Å². The van der Waals surface area contributed by atoms with E-state index in [-0.39, 0.29) is 5.78 Å². The number of ether oxygens (including phenoxy) is 1. The average molecular weight is 332 g/mol. The van der Waals surface area contributed by atoms with E-state index in [0.717, 1.165) is 19.4 Å². The van der Waals surface area contributed by atoms with Crippen LogP contribution in [0.5, 0.6) is 5.88 Å². The lowest BCUT2D eigenvalue weighted by Gasteiger charge is -2.10. The second kappa shape index (κ2) is 9.43. The Labute approximate surface area is 142 Å². The van der Waals surface area contributed by atoms with Gasteiger partial charge in [0.2, 0.25) is 11.7 Å². The van der Waals surface area contributed by atoms with Crippen LogP contribution in [0, 0.1) is 0 Å². The normalized spacial score (nSPS) is 10.9. The number of aromatic nitrogens is 1. The molecule has 0 radical (unpaired) electrons. The first kappa shape index (κ1) is 17.6. The van der Waals surface area contributed by atoms with Gasteiger partial charge in [-0.25, -0.2) is 4.98 Å². The Morgan fingerprint density at radius 1 is 1.17 bits per heavy atom. The molecular formula is C18H24N2O2S. The molecule has 0 aliphatic heterocycles. The van der Waals surface area contributed by atoms with E-state index in [2.05, 4.69) is 24.0 Å². The predicted molar refractivity (Wildman–Crippen MR) is 94.5 cm³/mol. The summed E-state index contributed by atoms with van der Waals surface area (Å²) >= 11 is 1.44. The molecule has 2 aromatic rings. The lowest BCUT2D eigenvalue weighted by atomic mass is 10.1. The molecule has 0 spiro atoms. The Hall–Kier alpha value is -1.72. The molecule has 4 nitrogen and oxygen atoms in total. The number of hydrogen-bond acceptors (Lipinski definition) is 5. The number of ketones is 1. The maximum Gasteiger partial charge on any atom is 0.224 e. The third kappa shape index (κ3) is 5.77. The second-order valence-corrected chi connectivity index (χ2v) is 6.68. The van der Waals surface area contributed by atoms with Crippen molar-refractivity contribution in [1.29, 1.82) is 0 Å². The molecule has 0 N–H and O–H groups in total. The molecule has 2 heterocycles. The highest BCUT2D eigenvalue weighted by Crippen LogP contribution is 2.21. The van der Waals surface area contributed by atoms with Crippen molar-refractivity contribution in [2.24, 2.45) is 0 Å². The highest BCUT2D eigenvalue weighted by Gasteiger charge is 2.16. The Balaban J connectivity index is 1.81. The minimum atomic E-state index is -0.0194. The first-order chi connectivity index (χ1) is 11.2. The molecule has 0 aliphatic rings. The summed E-state index contributed by atoms with van der Waals surface area (Å²) in [5.74, 6) is 0.424. The summed E-state index contributed by atoms with van der Waals surface area (Å²) in [7, 11) is 4.19. The van der Waals surface area contributed by atoms with Crippen LogP contribution in [0.3, 0.4) is 0 Å². The third-order valence-corrected chi connectivity index (χ3v) is 4.37. The minimum absolute atomic E-state index is 0.0194. The second-order valence-electron chi connectivity index (χ2n) is 5.73. The van der Waals surface area contributed by atoms with Gasteiger partial charge in [-0.05, 0) is 57.1 Å². The fourth-order valence-electron chi connectivity index (χ4n) is 2.27. The van der Waals surface area contributed by atoms with E-state index in [1.807, 2.05) is 17.5 Å². The Bertz CT molecular complexity index is 597. The van der Waals surface area contributed by atoms with Gasteiger partial charge in [0.1, 0.15) is 0 Å². The smallest absolute Gasteiger partial charge is 0.224 e. The van der Waals surface area contributed by atoms with Gasteiger partial charge in [0.15, 0.2) is 0 Å². The summed E-state index contributed by atoms with van der Waals surface area (Å²) < 4.78 is 5.75. The van der Waals surface area contributed by atoms with Crippen molar-refractivity contribution < 1.29 is 9.53 Å². The molecule has 0 aromatic carbocycles. The predicted octanol–water partition coefficient (Wildman–Crippen LogP) is 3.87. The molecule has 0 aliphatic carbocycles. The highest BCUT2D eigenvalue weighted by molar-refractivity contribution is 7.12. The number of rotatable bonds is 10. The fraction of sp³-hybridized carbons (Fsp3) is 0.444. The molecule has 5 heteroatoms. The van der Waals surface area contributed by atoms with Crippen LogP contribution in [0.25, 0.3) is 0 Å². The minimum Gasteiger partial charge on any atom is -0.477 e. The lowest BCUT2D eigenvalue weighted by Crippen LogP contribution is -2.12. The van der Waals surface area contributed by atoms with Crippen LogP contribution in [-0.2, 0) is 0 Å². The first-order valence-electron chi connectivity index (χ1n) is 7.99. The summed E-state index contributed by atoms with van der Waals surface area (Å²) in [6.45, 7) is 1.73. The molecule has 0 bridgehead atoms. The van der Waals surface area contributed by atoms with Crippen molar-refractivity contribution in [3.05, 3.63) is 46.3 Å². The van der Waals surface area contributed by atoms with Crippen LogP contribution >= 0.6 is 11.3 Å². The molecule has 2 aromatic heterocycles. The maximum absolute atomic E-state index is 12.5. The standard InChI is InChI=1S/C18H24N2O2S/c1-20(2)12-5-3-4-6-13-22-18-15(9-7-11-19-18)17(21)16-10-8-14-23-16/h7-11,14H,3-6,12-13H2,1-2H3. The van der Waals surface area contributed by atoms with E-state index in [9.17, 15) is 4.79 Å². The van der Waals surface area contributed by atoms with E-state index in [1.165, 1.54) is 24.2 Å². The Kier molecular flexibility index (Phi) is 7.23. The van der Waals surface area contributed by atoms with Crippen LogP contribution in [-0.4, -0.2) is 42.9 Å². The summed E-state index contributed by atoms with van der Waals surface area (Å²) in [6.07, 6.45) is 6.19. The number of thiophene rings is 1. The van der Waals surface area contributed by atoms with Gasteiger partial charge in [0.25, 0.3) is 0 Å². The number of unbranched alkanes of at least 4 members (excludes halogenated alkanes) is 3. The SMILES string of the molecule is CN(C)CCCCCCOc1ncccc1C(=O)c1cccs1. The van der Waals surface area contributed by atoms with E-state index in [4.69, 9.17) is 4.74 Å². The van der Waals surface area contributed by atoms with Crippen LogP contribution in [0.15, 0.2) is 35.8 Å². The largest absolute Gasteiger partial charge is 0.477 e. The quantitative estimate of drug-likeness (QED) is 0.489. The van der Waals surface area contributed by atoms with Crippen LogP contribution < -0.4 is 4.74 Å². The molecule has 0 fully saturated rings. The van der Waals surface area contributed by atoms with Crippen molar-refractivity contribution in [1.82, 2.24) is 9.88 Å². The summed E-state index contributed by atoms with van der Waals surface area (Å²) in [6, 6.07) is 7.26. The maximum atomic E-state index is 12.5. The van der Waals surface area contributed by atoms with Crippen molar-refractivity contribution in [2.75, 3.05) is 27.2 Å². The lowest BCUT2D eigenvalue weighted by molar-refractivity contribution is 0.103. The number of pyridine rings is 1. The molecule has 0 atom stereocenters. The Morgan fingerprint density at radius 3 is 2.74 bits per heavy atom. The van der Waals surface area contributed by atoms with Gasteiger partial charge >= 0.3 is 0 Å². The number of carbonyl (C=O) groups excluding carboxylic acids is 1. The number of carbonyl (C=O) groups is 1. The van der Waals surface area contributed by atoms with Gasteiger partial charge < -0.3 is 9.64 Å². The summed E-state index contributed by atoms with van der Waals surface area (Å²) in [5.41, 5.74) is 0.544. The van der Waals surface area contributed by atoms with Gasteiger partial charge in [-0.3, -0.25) is 4.79 Å². The van der Waals surface area contributed by atoms with E-state index < -0.39 is 0 Å². The van der Waals surface area contributed by atoms with E-state index in [1.54, 1.807) is 18.3 Å². The topological polar surface area (TPSA) is 42.4 Å². The van der Waals surface area contributed by atoms with E-state index in [0.29, 0.717) is 22.9 Å². The molecular weight excluding hydrogens is 308 g/mol. The molecule has 23 heavy (non-hydrogen) atoms. The third-order valence-electron chi connectivity index (χ3n) is 3.50. The zero-order valence-electron chi connectivity index (χ0n) is 13.8. The van der Waals surface area contributed by atoms with E-state index >= 15 is 0 Å². The van der Waals surface area contributed by atoms with Crippen molar-refractivity contribution >= 4 is 17.1 Å². The molecule has 0 saturated heterocycles. The zero-order chi connectivity index (χ0) is 16.5. The molecule has 2 rings (SSSR count). The fourth-order valence-corrected chi connectivity index (χ4v) is 2.95. The van der Waals surface area contributed by atoms with Gasteiger partial charge in [0, 0.05) is 6.20 Å². The van der Waals surface area contributed by atoms with Crippen LogP contribution in [0.1, 0.15) is 40.9 Å². The summed E-state index contributed by atoms with van der Waals surface area (Å²) in [4.78, 5) is 19.6. The van der Waals surface area contributed by atoms with Gasteiger partial charge in [0.05, 0.1) is 17.0 Å².